The first-order chi connectivity index (χ1) is 13.6. The first-order valence-electron chi connectivity index (χ1n) is 10.5. The lowest BCUT2D eigenvalue weighted by molar-refractivity contribution is -0.133. The summed E-state index contributed by atoms with van der Waals surface area (Å²) in [5, 5.41) is 6.75. The largest absolute Gasteiger partial charge is 0.351 e. The number of hydrogen-bond acceptors (Lipinski definition) is 5. The molecular weight excluding hydrogens is 372 g/mol. The molecule has 1 aromatic heterocycles. The van der Waals surface area contributed by atoms with Crippen molar-refractivity contribution < 1.29 is 4.79 Å². The van der Waals surface area contributed by atoms with Crippen molar-refractivity contribution >= 4 is 23.2 Å². The van der Waals surface area contributed by atoms with Gasteiger partial charge in [-0.15, -0.1) is 11.3 Å². The number of nitrogens with one attached hydrogen (secondary N) is 1. The van der Waals surface area contributed by atoms with Gasteiger partial charge in [-0.05, 0) is 19.3 Å². The smallest absolute Gasteiger partial charge is 0.236 e. The minimum absolute atomic E-state index is 0.292. The molecule has 0 bridgehead atoms. The van der Waals surface area contributed by atoms with Crippen LogP contribution in [0.2, 0.25) is 0 Å². The standard InChI is InChI=1S/C20H34N6OS/c1-16(2)19-23-17(15-28-19)13-22-20(21-3)26-11-9-24(10-12-26)14-18(27)25-7-5-4-6-8-25/h15-16H,4-14H2,1-3H3,(H,21,22). The van der Waals surface area contributed by atoms with Crippen molar-refractivity contribution in [1.29, 1.82) is 0 Å². The van der Waals surface area contributed by atoms with Crippen LogP contribution in [0.4, 0.5) is 0 Å². The van der Waals surface area contributed by atoms with Gasteiger partial charge in [0.15, 0.2) is 5.96 Å². The first kappa shape index (κ1) is 21.0. The number of carbonyl (C=O) groups excluding carboxylic acids is 1. The van der Waals surface area contributed by atoms with Gasteiger partial charge in [0.05, 0.1) is 23.8 Å². The van der Waals surface area contributed by atoms with Crippen molar-refractivity contribution in [3.63, 3.8) is 0 Å². The van der Waals surface area contributed by atoms with Crippen LogP contribution in [0.5, 0.6) is 0 Å². The van der Waals surface area contributed by atoms with Crippen molar-refractivity contribution in [3.05, 3.63) is 16.1 Å². The van der Waals surface area contributed by atoms with E-state index in [4.69, 9.17) is 0 Å². The van der Waals surface area contributed by atoms with Gasteiger partial charge in [0.25, 0.3) is 0 Å². The first-order valence-corrected chi connectivity index (χ1v) is 11.3. The number of aromatic nitrogens is 1. The van der Waals surface area contributed by atoms with Gasteiger partial charge in [-0.3, -0.25) is 14.7 Å². The number of aliphatic imine (C=N–C) groups is 1. The molecule has 2 aliphatic rings. The Balaban J connectivity index is 1.42. The Bertz CT molecular complexity index is 659. The molecule has 2 saturated heterocycles. The lowest BCUT2D eigenvalue weighted by Crippen LogP contribution is -2.54. The molecule has 1 aromatic rings. The summed E-state index contributed by atoms with van der Waals surface area (Å²) in [5.41, 5.74) is 1.07. The van der Waals surface area contributed by atoms with Crippen LogP contribution >= 0.6 is 11.3 Å². The predicted molar refractivity (Wildman–Crippen MR) is 115 cm³/mol. The number of hydrogen-bond donors (Lipinski definition) is 1. The second-order valence-electron chi connectivity index (χ2n) is 7.94. The Kier molecular flexibility index (Phi) is 7.67. The van der Waals surface area contributed by atoms with E-state index in [1.807, 2.05) is 11.9 Å². The number of carbonyl (C=O) groups is 1. The molecule has 3 rings (SSSR count). The molecule has 2 aliphatic heterocycles. The molecule has 2 fully saturated rings. The third-order valence-electron chi connectivity index (χ3n) is 5.44. The lowest BCUT2D eigenvalue weighted by atomic mass is 10.1. The molecule has 0 aromatic carbocycles. The fourth-order valence-electron chi connectivity index (χ4n) is 3.72. The summed E-state index contributed by atoms with van der Waals surface area (Å²) >= 11 is 1.72. The molecule has 0 atom stereocenters. The number of amides is 1. The lowest BCUT2D eigenvalue weighted by Gasteiger charge is -2.37. The van der Waals surface area contributed by atoms with E-state index in [1.165, 1.54) is 11.4 Å². The van der Waals surface area contributed by atoms with E-state index in [-0.39, 0.29) is 0 Å². The van der Waals surface area contributed by atoms with E-state index >= 15 is 0 Å². The molecule has 3 heterocycles. The topological polar surface area (TPSA) is 64.1 Å². The van der Waals surface area contributed by atoms with Crippen LogP contribution in [-0.2, 0) is 11.3 Å². The Hall–Kier alpha value is -1.67. The normalized spacial score (nSPS) is 19.4. The number of rotatable bonds is 5. The second-order valence-corrected chi connectivity index (χ2v) is 8.83. The summed E-state index contributed by atoms with van der Waals surface area (Å²) in [6.45, 7) is 11.0. The quantitative estimate of drug-likeness (QED) is 0.598. The van der Waals surface area contributed by atoms with Gasteiger partial charge in [-0.2, -0.15) is 0 Å². The van der Waals surface area contributed by atoms with Crippen LogP contribution in [0.1, 0.15) is 49.7 Å². The Morgan fingerprint density at radius 2 is 1.86 bits per heavy atom. The Morgan fingerprint density at radius 1 is 1.14 bits per heavy atom. The van der Waals surface area contributed by atoms with Gasteiger partial charge in [0, 0.05) is 57.6 Å². The highest BCUT2D eigenvalue weighted by molar-refractivity contribution is 7.09. The minimum Gasteiger partial charge on any atom is -0.351 e. The minimum atomic E-state index is 0.292. The van der Waals surface area contributed by atoms with Gasteiger partial charge in [-0.1, -0.05) is 13.8 Å². The molecule has 7 nitrogen and oxygen atoms in total. The van der Waals surface area contributed by atoms with E-state index in [0.29, 0.717) is 24.9 Å². The summed E-state index contributed by atoms with van der Waals surface area (Å²) in [6, 6.07) is 0. The second kappa shape index (κ2) is 10.2. The van der Waals surface area contributed by atoms with Crippen LogP contribution in [0.15, 0.2) is 10.4 Å². The van der Waals surface area contributed by atoms with Gasteiger partial charge in [0.1, 0.15) is 0 Å². The summed E-state index contributed by atoms with van der Waals surface area (Å²) in [5.74, 6) is 1.68. The van der Waals surface area contributed by atoms with Crippen LogP contribution in [0, 0.1) is 0 Å². The number of thiazole rings is 1. The molecule has 8 heteroatoms. The summed E-state index contributed by atoms with van der Waals surface area (Å²) < 4.78 is 0. The van der Waals surface area contributed by atoms with Gasteiger partial charge in [0.2, 0.25) is 5.91 Å². The van der Waals surface area contributed by atoms with Crippen LogP contribution in [0.25, 0.3) is 0 Å². The van der Waals surface area contributed by atoms with Gasteiger partial charge in [-0.25, -0.2) is 4.98 Å². The summed E-state index contributed by atoms with van der Waals surface area (Å²) in [7, 11) is 1.83. The average Bonchev–Trinajstić information content (AvgIpc) is 3.20. The Labute approximate surface area is 172 Å². The summed E-state index contributed by atoms with van der Waals surface area (Å²) in [6.07, 6.45) is 3.56. The number of guanidine groups is 1. The number of likely N-dealkylation sites (tertiary alicyclic amines) is 1. The molecule has 156 valence electrons. The maximum absolute atomic E-state index is 12.5. The van der Waals surface area contributed by atoms with Crippen molar-refractivity contribution in [2.24, 2.45) is 4.99 Å². The van der Waals surface area contributed by atoms with E-state index in [0.717, 1.165) is 63.8 Å². The molecule has 0 aliphatic carbocycles. The predicted octanol–water partition coefficient (Wildman–Crippen LogP) is 1.97. The SMILES string of the molecule is CN=C(NCc1csc(C(C)C)n1)N1CCN(CC(=O)N2CCCCC2)CC1. The highest BCUT2D eigenvalue weighted by Crippen LogP contribution is 2.19. The van der Waals surface area contributed by atoms with Crippen molar-refractivity contribution in [3.8, 4) is 0 Å². The van der Waals surface area contributed by atoms with Crippen molar-refractivity contribution in [2.75, 3.05) is 52.9 Å². The number of piperazine rings is 1. The third kappa shape index (κ3) is 5.67. The Morgan fingerprint density at radius 3 is 2.46 bits per heavy atom. The van der Waals surface area contributed by atoms with Crippen LogP contribution in [-0.4, -0.2) is 84.4 Å². The highest BCUT2D eigenvalue weighted by Gasteiger charge is 2.24. The van der Waals surface area contributed by atoms with E-state index in [2.05, 4.69) is 44.3 Å². The summed E-state index contributed by atoms with van der Waals surface area (Å²) in [4.78, 5) is 28.2. The zero-order valence-corrected chi connectivity index (χ0v) is 18.3. The molecular formula is C20H34N6OS. The third-order valence-corrected chi connectivity index (χ3v) is 6.64. The molecule has 0 saturated carbocycles. The monoisotopic (exact) mass is 406 g/mol. The molecule has 0 radical (unpaired) electrons. The average molecular weight is 407 g/mol. The fraction of sp³-hybridized carbons (Fsp3) is 0.750. The van der Waals surface area contributed by atoms with E-state index < -0.39 is 0 Å². The van der Waals surface area contributed by atoms with E-state index in [9.17, 15) is 4.79 Å². The molecule has 1 amide bonds. The van der Waals surface area contributed by atoms with Gasteiger partial charge < -0.3 is 15.1 Å². The number of piperidine rings is 1. The fourth-order valence-corrected chi connectivity index (χ4v) is 4.56. The van der Waals surface area contributed by atoms with Crippen molar-refractivity contribution in [2.45, 2.75) is 45.6 Å². The van der Waals surface area contributed by atoms with E-state index in [1.54, 1.807) is 11.3 Å². The maximum Gasteiger partial charge on any atom is 0.236 e. The maximum atomic E-state index is 12.5. The molecule has 1 N–H and O–H groups in total. The molecule has 0 spiro atoms. The van der Waals surface area contributed by atoms with Crippen molar-refractivity contribution in [1.82, 2.24) is 25.0 Å². The zero-order chi connectivity index (χ0) is 19.9. The molecule has 0 unspecified atom stereocenters. The zero-order valence-electron chi connectivity index (χ0n) is 17.5. The molecule has 28 heavy (non-hydrogen) atoms. The van der Waals surface area contributed by atoms with Crippen LogP contribution in [0.3, 0.4) is 0 Å². The number of nitrogens with zero attached hydrogens (tertiary/aromatic N) is 5. The highest BCUT2D eigenvalue weighted by atomic mass is 32.1. The van der Waals surface area contributed by atoms with Gasteiger partial charge >= 0.3 is 0 Å². The van der Waals surface area contributed by atoms with Crippen LogP contribution < -0.4 is 5.32 Å².